The lowest BCUT2D eigenvalue weighted by atomic mass is 10.3. The highest BCUT2D eigenvalue weighted by Crippen LogP contribution is 2.26. The van der Waals surface area contributed by atoms with E-state index < -0.39 is 15.6 Å². The summed E-state index contributed by atoms with van der Waals surface area (Å²) in [4.78, 5) is 0. The van der Waals surface area contributed by atoms with E-state index in [1.165, 1.54) is 12.1 Å². The summed E-state index contributed by atoms with van der Waals surface area (Å²) in [6.45, 7) is 0. The van der Waals surface area contributed by atoms with Crippen LogP contribution in [0.4, 0.5) is 13.2 Å². The van der Waals surface area contributed by atoms with Crippen molar-refractivity contribution in [1.29, 1.82) is 0 Å². The van der Waals surface area contributed by atoms with Gasteiger partial charge in [0, 0.05) is 3.57 Å². The molecule has 0 aliphatic heterocycles. The first kappa shape index (κ1) is 15.8. The largest absolute Gasteiger partial charge is 0.534 e. The molecule has 0 aliphatic rings. The molecule has 0 bridgehead atoms. The van der Waals surface area contributed by atoms with Crippen LogP contribution in [0.5, 0.6) is 5.75 Å². The van der Waals surface area contributed by atoms with Crippen LogP contribution in [0.25, 0.3) is 0 Å². The maximum absolute atomic E-state index is 11.9. The van der Waals surface area contributed by atoms with Gasteiger partial charge in [-0.15, -0.1) is 0 Å². The molecule has 0 aliphatic carbocycles. The molecular weight excluding hydrogens is 380 g/mol. The second-order valence-corrected chi connectivity index (χ2v) is 5.22. The van der Waals surface area contributed by atoms with Crippen LogP contribution in [0.15, 0.2) is 24.3 Å². The third-order valence-corrected chi connectivity index (χ3v) is 3.00. The highest BCUT2D eigenvalue weighted by molar-refractivity contribution is 14.1. The molecule has 0 saturated heterocycles. The van der Waals surface area contributed by atoms with Crippen molar-refractivity contribution in [2.45, 2.75) is 5.51 Å². The molecule has 0 radical (unpaired) electrons. The van der Waals surface area contributed by atoms with Gasteiger partial charge in [0.15, 0.2) is 0 Å². The molecule has 0 fully saturated rings. The van der Waals surface area contributed by atoms with E-state index in [9.17, 15) is 21.6 Å². The van der Waals surface area contributed by atoms with Gasteiger partial charge in [0.05, 0.1) is 0 Å². The Bertz CT molecular complexity index is 441. The monoisotopic (exact) mass is 386 g/mol. The molecule has 92 valence electrons. The molecule has 1 rings (SSSR count). The zero-order chi connectivity index (χ0) is 11.7. The van der Waals surface area contributed by atoms with Gasteiger partial charge in [-0.2, -0.15) is 35.1 Å². The van der Waals surface area contributed by atoms with Crippen molar-refractivity contribution < 1.29 is 25.8 Å². The van der Waals surface area contributed by atoms with Crippen LogP contribution < -0.4 is 4.18 Å². The van der Waals surface area contributed by atoms with Gasteiger partial charge in [-0.3, -0.25) is 0 Å². The van der Waals surface area contributed by atoms with Gasteiger partial charge < -0.3 is 4.18 Å². The molecule has 16 heavy (non-hydrogen) atoms. The SMILES string of the molecule is O=S(=O)(Oc1ccc(I)cc1)C(F)(F)F.S. The Labute approximate surface area is 111 Å². The van der Waals surface area contributed by atoms with E-state index in [4.69, 9.17) is 0 Å². The zero-order valence-electron chi connectivity index (χ0n) is 7.45. The lowest BCUT2D eigenvalue weighted by molar-refractivity contribution is -0.0500. The van der Waals surface area contributed by atoms with Crippen molar-refractivity contribution in [3.63, 3.8) is 0 Å². The van der Waals surface area contributed by atoms with Crippen LogP contribution in [-0.4, -0.2) is 13.9 Å². The Balaban J connectivity index is 0.00000225. The predicted molar refractivity (Wildman–Crippen MR) is 65.1 cm³/mol. The summed E-state index contributed by atoms with van der Waals surface area (Å²) in [6, 6.07) is 5.15. The standard InChI is InChI=1S/C7H4F3IO3S.H2S/c8-7(9,10)15(12,13)14-6-3-1-5(11)2-4-6;/h1-4H;1H2. The Morgan fingerprint density at radius 2 is 1.56 bits per heavy atom. The Morgan fingerprint density at radius 1 is 1.12 bits per heavy atom. The fourth-order valence-electron chi connectivity index (χ4n) is 0.664. The summed E-state index contributed by atoms with van der Waals surface area (Å²) in [5.41, 5.74) is -5.41. The van der Waals surface area contributed by atoms with Gasteiger partial charge >= 0.3 is 15.6 Å². The van der Waals surface area contributed by atoms with Crippen molar-refractivity contribution in [3.05, 3.63) is 27.8 Å². The molecule has 3 nitrogen and oxygen atoms in total. The van der Waals surface area contributed by atoms with Crippen LogP contribution >= 0.6 is 36.1 Å². The van der Waals surface area contributed by atoms with Gasteiger partial charge in [0.1, 0.15) is 5.75 Å². The lowest BCUT2D eigenvalue weighted by Crippen LogP contribution is -2.28. The first-order valence-corrected chi connectivity index (χ1v) is 5.97. The number of alkyl halides is 3. The maximum atomic E-state index is 11.9. The number of hydrogen-bond donors (Lipinski definition) is 0. The van der Waals surface area contributed by atoms with Crippen LogP contribution in [0.3, 0.4) is 0 Å². The molecule has 0 N–H and O–H groups in total. The number of halogens is 4. The summed E-state index contributed by atoms with van der Waals surface area (Å²) in [5.74, 6) is -0.368. The molecule has 0 amide bonds. The van der Waals surface area contributed by atoms with Gasteiger partial charge in [0.25, 0.3) is 0 Å². The fraction of sp³-hybridized carbons (Fsp3) is 0.143. The average molecular weight is 386 g/mol. The van der Waals surface area contributed by atoms with Crippen molar-refractivity contribution in [3.8, 4) is 5.75 Å². The summed E-state index contributed by atoms with van der Waals surface area (Å²) >= 11 is 1.92. The molecule has 1 aromatic rings. The van der Waals surface area contributed by atoms with E-state index in [1.54, 1.807) is 0 Å². The van der Waals surface area contributed by atoms with E-state index in [0.717, 1.165) is 15.7 Å². The highest BCUT2D eigenvalue weighted by Gasteiger charge is 2.48. The van der Waals surface area contributed by atoms with Crippen molar-refractivity contribution in [2.24, 2.45) is 0 Å². The first-order chi connectivity index (χ1) is 6.72. The van der Waals surface area contributed by atoms with Crippen LogP contribution in [0, 0.1) is 3.57 Å². The molecule has 0 atom stereocenters. The lowest BCUT2D eigenvalue weighted by Gasteiger charge is -2.08. The molecular formula is C7H6F3IO3S2. The second kappa shape index (κ2) is 5.45. The van der Waals surface area contributed by atoms with Crippen molar-refractivity contribution >= 4 is 46.2 Å². The van der Waals surface area contributed by atoms with Crippen LogP contribution in [0.1, 0.15) is 0 Å². The van der Waals surface area contributed by atoms with Crippen molar-refractivity contribution in [2.75, 3.05) is 0 Å². The van der Waals surface area contributed by atoms with E-state index in [-0.39, 0.29) is 19.2 Å². The van der Waals surface area contributed by atoms with Gasteiger partial charge in [-0.1, -0.05) is 0 Å². The van der Waals surface area contributed by atoms with Crippen molar-refractivity contribution in [1.82, 2.24) is 0 Å². The highest BCUT2D eigenvalue weighted by atomic mass is 127. The number of benzene rings is 1. The third-order valence-electron chi connectivity index (χ3n) is 1.30. The molecule has 0 aromatic heterocycles. The maximum Gasteiger partial charge on any atom is 0.534 e. The second-order valence-electron chi connectivity index (χ2n) is 2.44. The Morgan fingerprint density at radius 3 is 1.94 bits per heavy atom. The summed E-state index contributed by atoms with van der Waals surface area (Å²) in [7, 11) is -5.57. The van der Waals surface area contributed by atoms with E-state index >= 15 is 0 Å². The molecule has 9 heteroatoms. The molecule has 1 aromatic carbocycles. The Kier molecular flexibility index (Phi) is 5.39. The summed E-state index contributed by atoms with van der Waals surface area (Å²) in [6.07, 6.45) is 0. The summed E-state index contributed by atoms with van der Waals surface area (Å²) in [5, 5.41) is 0. The smallest absolute Gasteiger partial charge is 0.376 e. The van der Waals surface area contributed by atoms with Gasteiger partial charge in [-0.05, 0) is 46.9 Å². The first-order valence-electron chi connectivity index (χ1n) is 3.49. The third kappa shape index (κ3) is 4.01. The molecule has 0 saturated carbocycles. The number of hydrogen-bond acceptors (Lipinski definition) is 3. The fourth-order valence-corrected chi connectivity index (χ4v) is 1.48. The van der Waals surface area contributed by atoms with E-state index in [2.05, 4.69) is 4.18 Å². The minimum Gasteiger partial charge on any atom is -0.376 e. The number of rotatable bonds is 2. The normalized spacial score (nSPS) is 11.8. The zero-order valence-corrected chi connectivity index (χ0v) is 11.4. The van der Waals surface area contributed by atoms with Gasteiger partial charge in [0.2, 0.25) is 0 Å². The molecule has 0 heterocycles. The summed E-state index contributed by atoms with van der Waals surface area (Å²) < 4.78 is 61.4. The average Bonchev–Trinajstić information content (AvgIpc) is 2.06. The van der Waals surface area contributed by atoms with E-state index in [1.807, 2.05) is 22.6 Å². The minimum absolute atomic E-state index is 0. The molecule has 0 spiro atoms. The van der Waals surface area contributed by atoms with Crippen LogP contribution in [-0.2, 0) is 10.1 Å². The Hall–Kier alpha value is -0.160. The quantitative estimate of drug-likeness (QED) is 0.446. The van der Waals surface area contributed by atoms with Gasteiger partial charge in [-0.25, -0.2) is 0 Å². The predicted octanol–water partition coefficient (Wildman–Crippen LogP) is 2.63. The molecule has 0 unspecified atom stereocenters. The van der Waals surface area contributed by atoms with E-state index in [0.29, 0.717) is 0 Å². The van der Waals surface area contributed by atoms with Crippen LogP contribution in [0.2, 0.25) is 0 Å². The minimum atomic E-state index is -5.57. The topological polar surface area (TPSA) is 43.4 Å².